The van der Waals surface area contributed by atoms with Crippen molar-refractivity contribution in [1.82, 2.24) is 4.37 Å². The van der Waals surface area contributed by atoms with Crippen LogP contribution >= 0.6 is 23.1 Å². The molecule has 0 bridgehead atoms. The molecule has 0 saturated heterocycles. The zero-order valence-corrected chi connectivity index (χ0v) is 13.0. The summed E-state index contributed by atoms with van der Waals surface area (Å²) in [6.45, 7) is 3.58. The Labute approximate surface area is 130 Å². The molecular formula is C13H13ClN2O4S. The highest BCUT2D eigenvalue weighted by Gasteiger charge is 2.30. The Morgan fingerprint density at radius 1 is 1.24 bits per heavy atom. The maximum Gasteiger partial charge on any atom is 0.424 e. The molecule has 0 aliphatic heterocycles. The van der Waals surface area contributed by atoms with Gasteiger partial charge in [-0.25, -0.2) is 9.59 Å². The monoisotopic (exact) mass is 328 g/mol. The van der Waals surface area contributed by atoms with Crippen molar-refractivity contribution in [3.05, 3.63) is 23.2 Å². The zero-order valence-electron chi connectivity index (χ0n) is 11.5. The smallest absolute Gasteiger partial charge is 0.424 e. The number of rotatable bonds is 3. The number of carbonyl (C=O) groups excluding carboxylic acids is 2. The van der Waals surface area contributed by atoms with E-state index in [1.165, 1.54) is 0 Å². The second-order valence-corrected chi connectivity index (χ2v) is 5.01. The van der Waals surface area contributed by atoms with Crippen LogP contribution in [0.4, 0.5) is 14.6 Å². The van der Waals surface area contributed by atoms with Crippen LogP contribution in [0.5, 0.6) is 0 Å². The van der Waals surface area contributed by atoms with Gasteiger partial charge in [-0.15, -0.1) is 0 Å². The molecule has 0 fully saturated rings. The molecule has 2 amide bonds. The maximum absolute atomic E-state index is 12.1. The molecule has 0 radical (unpaired) electrons. The second-order valence-electron chi connectivity index (χ2n) is 3.85. The number of amides is 2. The lowest BCUT2D eigenvalue weighted by Crippen LogP contribution is -2.37. The van der Waals surface area contributed by atoms with Crippen molar-refractivity contribution >= 4 is 51.2 Å². The predicted molar refractivity (Wildman–Crippen MR) is 81.2 cm³/mol. The Balaban J connectivity index is 2.53. The summed E-state index contributed by atoms with van der Waals surface area (Å²) in [7, 11) is 0. The molecule has 8 heteroatoms. The Morgan fingerprint density at radius 2 is 1.86 bits per heavy atom. The highest BCUT2D eigenvalue weighted by Crippen LogP contribution is 2.36. The quantitative estimate of drug-likeness (QED) is 0.849. The number of nitrogens with zero attached hydrogens (tertiary/aromatic N) is 2. The fourth-order valence-corrected chi connectivity index (χ4v) is 2.90. The molecule has 6 nitrogen and oxygen atoms in total. The number of halogens is 1. The lowest BCUT2D eigenvalue weighted by atomic mass is 10.2. The average Bonchev–Trinajstić information content (AvgIpc) is 2.85. The number of aromatic nitrogens is 1. The van der Waals surface area contributed by atoms with Gasteiger partial charge in [-0.3, -0.25) is 0 Å². The van der Waals surface area contributed by atoms with E-state index in [0.717, 1.165) is 16.4 Å². The van der Waals surface area contributed by atoms with E-state index in [-0.39, 0.29) is 18.2 Å². The number of anilines is 1. The largest absolute Gasteiger partial charge is 0.449 e. The van der Waals surface area contributed by atoms with Crippen LogP contribution in [0, 0.1) is 0 Å². The molecular weight excluding hydrogens is 316 g/mol. The van der Waals surface area contributed by atoms with Gasteiger partial charge in [-0.1, -0.05) is 17.7 Å². The van der Waals surface area contributed by atoms with Gasteiger partial charge in [0.1, 0.15) is 5.00 Å². The summed E-state index contributed by atoms with van der Waals surface area (Å²) in [4.78, 5) is 24.9. The van der Waals surface area contributed by atoms with Crippen LogP contribution in [0.1, 0.15) is 13.8 Å². The maximum atomic E-state index is 12.1. The average molecular weight is 329 g/mol. The third-order valence-corrected chi connectivity index (χ3v) is 3.70. The molecule has 1 aromatic carbocycles. The molecule has 21 heavy (non-hydrogen) atoms. The van der Waals surface area contributed by atoms with Crippen LogP contribution in [0.15, 0.2) is 18.2 Å². The highest BCUT2D eigenvalue weighted by atomic mass is 35.5. The molecule has 0 aliphatic rings. The van der Waals surface area contributed by atoms with E-state index >= 15 is 0 Å². The first-order valence-electron chi connectivity index (χ1n) is 6.27. The first-order chi connectivity index (χ1) is 10.1. The molecule has 0 aliphatic carbocycles. The van der Waals surface area contributed by atoms with Crippen molar-refractivity contribution < 1.29 is 19.1 Å². The number of benzene rings is 1. The first-order valence-corrected chi connectivity index (χ1v) is 7.42. The van der Waals surface area contributed by atoms with Gasteiger partial charge < -0.3 is 9.47 Å². The summed E-state index contributed by atoms with van der Waals surface area (Å²) >= 11 is 7.13. The number of hydrogen-bond acceptors (Lipinski definition) is 6. The van der Waals surface area contributed by atoms with Crippen molar-refractivity contribution in [1.29, 1.82) is 0 Å². The van der Waals surface area contributed by atoms with E-state index in [9.17, 15) is 9.59 Å². The van der Waals surface area contributed by atoms with Gasteiger partial charge in [0.25, 0.3) is 0 Å². The van der Waals surface area contributed by atoms with Crippen molar-refractivity contribution in [2.45, 2.75) is 13.8 Å². The zero-order chi connectivity index (χ0) is 15.4. The molecule has 0 N–H and O–H groups in total. The fraction of sp³-hybridized carbons (Fsp3) is 0.308. The van der Waals surface area contributed by atoms with Gasteiger partial charge in [-0.2, -0.15) is 9.27 Å². The third-order valence-electron chi connectivity index (χ3n) is 2.54. The summed E-state index contributed by atoms with van der Waals surface area (Å²) in [5.41, 5.74) is 0.598. The van der Waals surface area contributed by atoms with Crippen LogP contribution < -0.4 is 4.90 Å². The molecule has 1 heterocycles. The minimum absolute atomic E-state index is 0.138. The standard InChI is InChI=1S/C13H13ClN2O4S/c1-3-19-12(17)16(13(18)20-4-2)11-10-8(14)6-5-7-9(10)15-21-11/h5-7H,3-4H2,1-2H3. The molecule has 2 rings (SSSR count). The van der Waals surface area contributed by atoms with Gasteiger partial charge in [0.2, 0.25) is 0 Å². The molecule has 0 spiro atoms. The van der Waals surface area contributed by atoms with Gasteiger partial charge >= 0.3 is 12.2 Å². The SMILES string of the molecule is CCOC(=O)N(C(=O)OCC)c1snc2cccc(Cl)c12. The molecule has 0 unspecified atom stereocenters. The Morgan fingerprint density at radius 3 is 2.43 bits per heavy atom. The lowest BCUT2D eigenvalue weighted by Gasteiger charge is -2.17. The van der Waals surface area contributed by atoms with E-state index in [0.29, 0.717) is 15.9 Å². The van der Waals surface area contributed by atoms with E-state index in [4.69, 9.17) is 21.1 Å². The van der Waals surface area contributed by atoms with E-state index < -0.39 is 12.2 Å². The van der Waals surface area contributed by atoms with Gasteiger partial charge in [0.05, 0.1) is 29.1 Å². The predicted octanol–water partition coefficient (Wildman–Crippen LogP) is 4.07. The van der Waals surface area contributed by atoms with E-state index in [1.54, 1.807) is 32.0 Å². The Bertz CT molecular complexity index is 655. The number of hydrogen-bond donors (Lipinski definition) is 0. The molecule has 0 atom stereocenters. The Kier molecular flexibility index (Phi) is 4.98. The summed E-state index contributed by atoms with van der Waals surface area (Å²) in [6.07, 6.45) is -1.64. The van der Waals surface area contributed by atoms with Crippen LogP contribution in [-0.2, 0) is 9.47 Å². The molecule has 112 valence electrons. The fourth-order valence-electron chi connectivity index (χ4n) is 1.71. The van der Waals surface area contributed by atoms with Crippen molar-refractivity contribution in [2.75, 3.05) is 18.1 Å². The molecule has 0 saturated carbocycles. The molecule has 2 aromatic rings. The van der Waals surface area contributed by atoms with Crippen LogP contribution in [-0.4, -0.2) is 29.8 Å². The first kappa shape index (κ1) is 15.5. The van der Waals surface area contributed by atoms with Crippen LogP contribution in [0.2, 0.25) is 5.02 Å². The third kappa shape index (κ3) is 3.08. The number of fused-ring (bicyclic) bond motifs is 1. The summed E-state index contributed by atoms with van der Waals surface area (Å²) in [5.74, 6) is 0. The van der Waals surface area contributed by atoms with Gasteiger partial charge in [0.15, 0.2) is 0 Å². The number of imide groups is 1. The van der Waals surface area contributed by atoms with Gasteiger partial charge in [0, 0.05) is 0 Å². The topological polar surface area (TPSA) is 68.7 Å². The summed E-state index contributed by atoms with van der Waals surface area (Å²) in [5, 5.41) is 1.20. The van der Waals surface area contributed by atoms with Crippen LogP contribution in [0.3, 0.4) is 0 Å². The van der Waals surface area contributed by atoms with Gasteiger partial charge in [-0.05, 0) is 37.5 Å². The van der Waals surface area contributed by atoms with Crippen molar-refractivity contribution in [3.63, 3.8) is 0 Å². The molecule has 1 aromatic heterocycles. The summed E-state index contributed by atoms with van der Waals surface area (Å²) in [6, 6.07) is 5.15. The highest BCUT2D eigenvalue weighted by molar-refractivity contribution is 7.12. The van der Waals surface area contributed by atoms with Crippen LogP contribution in [0.25, 0.3) is 10.9 Å². The lowest BCUT2D eigenvalue weighted by molar-refractivity contribution is 0.141. The number of carbonyl (C=O) groups is 2. The Hall–Kier alpha value is -1.86. The van der Waals surface area contributed by atoms with Crippen molar-refractivity contribution in [2.24, 2.45) is 0 Å². The normalized spacial score (nSPS) is 10.4. The number of ether oxygens (including phenoxy) is 2. The second kappa shape index (κ2) is 6.73. The van der Waals surface area contributed by atoms with E-state index in [1.807, 2.05) is 0 Å². The summed E-state index contributed by atoms with van der Waals surface area (Å²) < 4.78 is 14.0. The minimum atomic E-state index is -0.818. The van der Waals surface area contributed by atoms with E-state index in [2.05, 4.69) is 4.37 Å². The van der Waals surface area contributed by atoms with Crippen molar-refractivity contribution in [3.8, 4) is 0 Å². The minimum Gasteiger partial charge on any atom is -0.449 e.